The van der Waals surface area contributed by atoms with Gasteiger partial charge in [-0.1, -0.05) is 43.5 Å². The quantitative estimate of drug-likeness (QED) is 0.878. The normalized spacial score (nSPS) is 17.3. The van der Waals surface area contributed by atoms with Crippen LogP contribution in [0.25, 0.3) is 0 Å². The lowest BCUT2D eigenvalue weighted by molar-refractivity contribution is 0.374. The summed E-state index contributed by atoms with van der Waals surface area (Å²) >= 11 is 0. The number of hydrogen-bond donors (Lipinski definition) is 1. The van der Waals surface area contributed by atoms with Gasteiger partial charge in [0.05, 0.1) is 5.75 Å². The van der Waals surface area contributed by atoms with Crippen LogP contribution >= 0.6 is 0 Å². The first-order valence-electron chi connectivity index (χ1n) is 7.73. The lowest BCUT2D eigenvalue weighted by Gasteiger charge is -2.24. The van der Waals surface area contributed by atoms with E-state index in [1.54, 1.807) is 7.05 Å². The lowest BCUT2D eigenvalue weighted by atomic mass is 9.91. The fourth-order valence-corrected chi connectivity index (χ4v) is 4.44. The molecule has 5 heteroatoms. The van der Waals surface area contributed by atoms with Crippen molar-refractivity contribution in [3.8, 4) is 0 Å². The summed E-state index contributed by atoms with van der Waals surface area (Å²) in [5.74, 6) is 0.635. The summed E-state index contributed by atoms with van der Waals surface area (Å²) < 4.78 is 26.3. The van der Waals surface area contributed by atoms with Crippen LogP contribution in [-0.4, -0.2) is 25.5 Å². The standard InChI is InChI=1S/C16H26N2O2S/c1-18(12-15-9-7-14(11-17)8-10-15)21(19,20)13-16-5-3-2-4-6-16/h7-10,16H,2-6,11-13,17H2,1H3. The van der Waals surface area contributed by atoms with E-state index in [4.69, 9.17) is 5.73 Å². The third kappa shape index (κ3) is 4.80. The van der Waals surface area contributed by atoms with Crippen molar-refractivity contribution in [2.45, 2.75) is 45.2 Å². The Hall–Kier alpha value is -0.910. The van der Waals surface area contributed by atoms with Crippen molar-refractivity contribution in [2.24, 2.45) is 11.7 Å². The van der Waals surface area contributed by atoms with Crippen LogP contribution in [0.1, 0.15) is 43.2 Å². The second kappa shape index (κ2) is 7.38. The molecule has 0 unspecified atom stereocenters. The van der Waals surface area contributed by atoms with Gasteiger partial charge in [-0.2, -0.15) is 0 Å². The molecule has 2 N–H and O–H groups in total. The Balaban J connectivity index is 1.94. The Morgan fingerprint density at radius 3 is 2.24 bits per heavy atom. The van der Waals surface area contributed by atoms with E-state index in [0.29, 0.717) is 24.8 Å². The molecular formula is C16H26N2O2S. The molecule has 0 aromatic heterocycles. The maximum atomic E-state index is 12.4. The summed E-state index contributed by atoms with van der Waals surface area (Å²) in [6.45, 7) is 0.940. The average molecular weight is 310 g/mol. The largest absolute Gasteiger partial charge is 0.326 e. The van der Waals surface area contributed by atoms with Gasteiger partial charge >= 0.3 is 0 Å². The van der Waals surface area contributed by atoms with Crippen LogP contribution < -0.4 is 5.73 Å². The van der Waals surface area contributed by atoms with Gasteiger partial charge in [-0.3, -0.25) is 0 Å². The molecule has 1 aliphatic carbocycles. The molecule has 1 aromatic rings. The Bertz CT molecular complexity index is 534. The fraction of sp³-hybridized carbons (Fsp3) is 0.625. The monoisotopic (exact) mass is 310 g/mol. The highest BCUT2D eigenvalue weighted by Crippen LogP contribution is 2.25. The molecule has 0 saturated heterocycles. The van der Waals surface area contributed by atoms with E-state index < -0.39 is 10.0 Å². The van der Waals surface area contributed by atoms with E-state index in [9.17, 15) is 8.42 Å². The smallest absolute Gasteiger partial charge is 0.214 e. The third-order valence-corrected chi connectivity index (χ3v) is 6.28. The van der Waals surface area contributed by atoms with E-state index in [1.165, 1.54) is 23.6 Å². The zero-order chi connectivity index (χ0) is 15.3. The number of sulfonamides is 1. The Labute approximate surface area is 128 Å². The summed E-state index contributed by atoms with van der Waals surface area (Å²) in [5.41, 5.74) is 7.63. The minimum absolute atomic E-state index is 0.296. The van der Waals surface area contributed by atoms with E-state index in [-0.39, 0.29) is 0 Å². The van der Waals surface area contributed by atoms with E-state index in [2.05, 4.69) is 0 Å². The second-order valence-corrected chi connectivity index (χ2v) is 8.18. The molecule has 1 saturated carbocycles. The molecule has 2 rings (SSSR count). The summed E-state index contributed by atoms with van der Waals surface area (Å²) in [6, 6.07) is 7.82. The Morgan fingerprint density at radius 2 is 1.67 bits per heavy atom. The number of nitrogens with zero attached hydrogens (tertiary/aromatic N) is 1. The van der Waals surface area contributed by atoms with E-state index >= 15 is 0 Å². The van der Waals surface area contributed by atoms with Gasteiger partial charge in [0.1, 0.15) is 0 Å². The molecule has 0 aliphatic heterocycles. The van der Waals surface area contributed by atoms with Crippen molar-refractivity contribution in [2.75, 3.05) is 12.8 Å². The summed E-state index contributed by atoms with van der Waals surface area (Å²) in [7, 11) is -1.49. The molecule has 0 spiro atoms. The zero-order valence-electron chi connectivity index (χ0n) is 12.8. The number of benzene rings is 1. The van der Waals surface area contributed by atoms with Gasteiger partial charge in [0.15, 0.2) is 0 Å². The summed E-state index contributed by atoms with van der Waals surface area (Å²) in [4.78, 5) is 0. The first-order valence-corrected chi connectivity index (χ1v) is 9.34. The van der Waals surface area contributed by atoms with Gasteiger partial charge < -0.3 is 5.73 Å². The molecule has 0 atom stereocenters. The molecule has 1 aliphatic rings. The number of hydrogen-bond acceptors (Lipinski definition) is 3. The highest BCUT2D eigenvalue weighted by molar-refractivity contribution is 7.89. The predicted molar refractivity (Wildman–Crippen MR) is 86.2 cm³/mol. The van der Waals surface area contributed by atoms with Gasteiger partial charge in [0.2, 0.25) is 10.0 Å². The topological polar surface area (TPSA) is 63.4 Å². The van der Waals surface area contributed by atoms with Gasteiger partial charge in [0.25, 0.3) is 0 Å². The summed E-state index contributed by atoms with van der Waals surface area (Å²) in [5, 5.41) is 0. The Morgan fingerprint density at radius 1 is 1.10 bits per heavy atom. The molecule has 0 radical (unpaired) electrons. The maximum Gasteiger partial charge on any atom is 0.214 e. The molecule has 1 aromatic carbocycles. The molecule has 0 bridgehead atoms. The Kier molecular flexibility index (Phi) is 5.79. The van der Waals surface area contributed by atoms with Crippen LogP contribution in [0.15, 0.2) is 24.3 Å². The predicted octanol–water partition coefficient (Wildman–Crippen LogP) is 2.49. The molecule has 0 amide bonds. The van der Waals surface area contributed by atoms with Crippen molar-refractivity contribution in [1.29, 1.82) is 0 Å². The highest BCUT2D eigenvalue weighted by atomic mass is 32.2. The van der Waals surface area contributed by atoms with Gasteiger partial charge in [-0.05, 0) is 29.9 Å². The van der Waals surface area contributed by atoms with Crippen LogP contribution in [-0.2, 0) is 23.1 Å². The van der Waals surface area contributed by atoms with Crippen molar-refractivity contribution in [1.82, 2.24) is 4.31 Å². The zero-order valence-corrected chi connectivity index (χ0v) is 13.6. The SMILES string of the molecule is CN(Cc1ccc(CN)cc1)S(=O)(=O)CC1CCCCC1. The molecule has 118 valence electrons. The van der Waals surface area contributed by atoms with E-state index in [1.807, 2.05) is 24.3 Å². The van der Waals surface area contributed by atoms with Gasteiger partial charge in [-0.15, -0.1) is 0 Å². The van der Waals surface area contributed by atoms with Crippen molar-refractivity contribution >= 4 is 10.0 Å². The van der Waals surface area contributed by atoms with Crippen molar-refractivity contribution < 1.29 is 8.42 Å². The first-order chi connectivity index (χ1) is 10.0. The van der Waals surface area contributed by atoms with Crippen LogP contribution in [0, 0.1) is 5.92 Å². The fourth-order valence-electron chi connectivity index (χ4n) is 2.92. The average Bonchev–Trinajstić information content (AvgIpc) is 2.48. The van der Waals surface area contributed by atoms with Gasteiger partial charge in [0, 0.05) is 20.1 Å². The molecule has 0 heterocycles. The molecule has 4 nitrogen and oxygen atoms in total. The molecule has 21 heavy (non-hydrogen) atoms. The summed E-state index contributed by atoms with van der Waals surface area (Å²) in [6.07, 6.45) is 5.70. The second-order valence-electron chi connectivity index (χ2n) is 6.06. The van der Waals surface area contributed by atoms with Gasteiger partial charge in [-0.25, -0.2) is 12.7 Å². The lowest BCUT2D eigenvalue weighted by Crippen LogP contribution is -2.32. The van der Waals surface area contributed by atoms with Crippen LogP contribution in [0.4, 0.5) is 0 Å². The van der Waals surface area contributed by atoms with Crippen LogP contribution in [0.5, 0.6) is 0 Å². The van der Waals surface area contributed by atoms with E-state index in [0.717, 1.165) is 24.0 Å². The molecule has 1 fully saturated rings. The van der Waals surface area contributed by atoms with Crippen molar-refractivity contribution in [3.05, 3.63) is 35.4 Å². The highest BCUT2D eigenvalue weighted by Gasteiger charge is 2.24. The number of nitrogens with two attached hydrogens (primary N) is 1. The maximum absolute atomic E-state index is 12.4. The van der Waals surface area contributed by atoms with Crippen molar-refractivity contribution in [3.63, 3.8) is 0 Å². The minimum Gasteiger partial charge on any atom is -0.326 e. The van der Waals surface area contributed by atoms with Crippen LogP contribution in [0.2, 0.25) is 0 Å². The number of rotatable bonds is 6. The third-order valence-electron chi connectivity index (χ3n) is 4.31. The van der Waals surface area contributed by atoms with Crippen LogP contribution in [0.3, 0.4) is 0 Å². The first kappa shape index (κ1) is 16.5. The minimum atomic E-state index is -3.17. The molecular weight excluding hydrogens is 284 g/mol.